The smallest absolute Gasteiger partial charge is 0.0466 e. The van der Waals surface area contributed by atoms with E-state index in [-0.39, 0.29) is 0 Å². The first kappa shape index (κ1) is 8.01. The van der Waals surface area contributed by atoms with Crippen molar-refractivity contribution in [3.63, 3.8) is 0 Å². The molecule has 0 aromatic rings. The minimum atomic E-state index is -2.27. The van der Waals surface area contributed by atoms with Crippen molar-refractivity contribution in [2.45, 2.75) is 18.9 Å². The third kappa shape index (κ3) is 2.66. The van der Waals surface area contributed by atoms with Gasteiger partial charge in [-0.1, -0.05) is 0 Å². The van der Waals surface area contributed by atoms with Crippen LogP contribution in [0.15, 0.2) is 0 Å². The lowest BCUT2D eigenvalue weighted by molar-refractivity contribution is 0.640. The second kappa shape index (κ2) is 2.88. The van der Waals surface area contributed by atoms with E-state index in [1.54, 1.807) is 0 Å². The summed E-state index contributed by atoms with van der Waals surface area (Å²) in [4.78, 5) is 0. The summed E-state index contributed by atoms with van der Waals surface area (Å²) in [7, 11) is -2.27. The Morgan fingerprint density at radius 3 is 2.90 bits per heavy atom. The van der Waals surface area contributed by atoms with Gasteiger partial charge in [0.05, 0.1) is 0 Å². The van der Waals surface area contributed by atoms with Crippen LogP contribution in [0.25, 0.3) is 0 Å². The predicted octanol–water partition coefficient (Wildman–Crippen LogP) is 0.415. The molecule has 4 heteroatoms. The zero-order valence-corrected chi connectivity index (χ0v) is 7.04. The van der Waals surface area contributed by atoms with Crippen LogP contribution in [0.3, 0.4) is 0 Å². The van der Waals surface area contributed by atoms with Crippen LogP contribution in [0.5, 0.6) is 0 Å². The fourth-order valence-electron chi connectivity index (χ4n) is 1.28. The molecule has 0 amide bonds. The first-order chi connectivity index (χ1) is 4.58. The van der Waals surface area contributed by atoms with Crippen molar-refractivity contribution in [3.05, 3.63) is 0 Å². The molecule has 1 aliphatic heterocycles. The van der Waals surface area contributed by atoms with Gasteiger partial charge in [-0.05, 0) is 19.4 Å². The van der Waals surface area contributed by atoms with E-state index < -0.39 is 9.73 Å². The first-order valence-corrected chi connectivity index (χ1v) is 5.66. The van der Waals surface area contributed by atoms with Crippen LogP contribution in [0.1, 0.15) is 12.8 Å². The summed E-state index contributed by atoms with van der Waals surface area (Å²) in [5.41, 5.74) is 0. The Kier molecular flexibility index (Phi) is 2.31. The van der Waals surface area contributed by atoms with Gasteiger partial charge in [-0.3, -0.25) is 8.99 Å². The van der Waals surface area contributed by atoms with Crippen molar-refractivity contribution in [2.75, 3.05) is 18.6 Å². The molecule has 60 valence electrons. The van der Waals surface area contributed by atoms with Crippen molar-refractivity contribution in [2.24, 2.45) is 0 Å². The molecule has 1 aliphatic rings. The summed E-state index contributed by atoms with van der Waals surface area (Å²) < 4.78 is 18.2. The van der Waals surface area contributed by atoms with Gasteiger partial charge in [0, 0.05) is 27.8 Å². The monoisotopic (exact) mass is 162 g/mol. The SMILES string of the molecule is CS(=N)(=O)C[C@@H]1CCCN1. The van der Waals surface area contributed by atoms with E-state index in [0.717, 1.165) is 13.0 Å². The summed E-state index contributed by atoms with van der Waals surface area (Å²) >= 11 is 0. The highest BCUT2D eigenvalue weighted by Crippen LogP contribution is 2.06. The van der Waals surface area contributed by atoms with E-state index in [1.165, 1.54) is 12.7 Å². The average Bonchev–Trinajstić information content (AvgIpc) is 2.12. The lowest BCUT2D eigenvalue weighted by atomic mass is 10.3. The van der Waals surface area contributed by atoms with Crippen LogP contribution in [-0.4, -0.2) is 28.8 Å². The van der Waals surface area contributed by atoms with Gasteiger partial charge in [-0.25, -0.2) is 0 Å². The Morgan fingerprint density at radius 1 is 1.80 bits per heavy atom. The second-order valence-electron chi connectivity index (χ2n) is 2.96. The van der Waals surface area contributed by atoms with Gasteiger partial charge in [0.15, 0.2) is 0 Å². The summed E-state index contributed by atoms with van der Waals surface area (Å²) in [5, 5.41) is 3.21. The maximum absolute atomic E-state index is 11.0. The van der Waals surface area contributed by atoms with Gasteiger partial charge < -0.3 is 5.32 Å². The molecule has 0 bridgehead atoms. The van der Waals surface area contributed by atoms with Crippen LogP contribution in [0.2, 0.25) is 0 Å². The molecule has 0 aromatic carbocycles. The molecular formula is C6H14N2OS. The van der Waals surface area contributed by atoms with Crippen LogP contribution in [-0.2, 0) is 9.73 Å². The van der Waals surface area contributed by atoms with Gasteiger partial charge in [-0.2, -0.15) is 0 Å². The maximum Gasteiger partial charge on any atom is 0.0466 e. The van der Waals surface area contributed by atoms with Crippen molar-refractivity contribution >= 4 is 9.73 Å². The Hall–Kier alpha value is -0.0900. The van der Waals surface area contributed by atoms with Crippen molar-refractivity contribution in [1.29, 1.82) is 4.78 Å². The van der Waals surface area contributed by atoms with Crippen molar-refractivity contribution < 1.29 is 4.21 Å². The Labute approximate surface area is 62.2 Å². The molecule has 0 saturated carbocycles. The fraction of sp³-hybridized carbons (Fsp3) is 1.00. The molecule has 1 fully saturated rings. The minimum Gasteiger partial charge on any atom is -0.313 e. The molecule has 0 aromatic heterocycles. The zero-order chi connectivity index (χ0) is 7.61. The number of hydrogen-bond acceptors (Lipinski definition) is 3. The van der Waals surface area contributed by atoms with Crippen LogP contribution in [0, 0.1) is 4.78 Å². The molecular weight excluding hydrogens is 148 g/mol. The van der Waals surface area contributed by atoms with E-state index in [1.807, 2.05) is 0 Å². The third-order valence-electron chi connectivity index (χ3n) is 1.68. The van der Waals surface area contributed by atoms with Gasteiger partial charge in [0.1, 0.15) is 0 Å². The highest BCUT2D eigenvalue weighted by Gasteiger charge is 2.16. The Balaban J connectivity index is 2.38. The number of rotatable bonds is 2. The summed E-state index contributed by atoms with van der Waals surface area (Å²) in [6.07, 6.45) is 3.76. The van der Waals surface area contributed by atoms with E-state index in [4.69, 9.17) is 4.78 Å². The molecule has 1 rings (SSSR count). The van der Waals surface area contributed by atoms with Crippen LogP contribution >= 0.6 is 0 Å². The second-order valence-corrected chi connectivity index (χ2v) is 5.31. The first-order valence-electron chi connectivity index (χ1n) is 3.53. The van der Waals surface area contributed by atoms with Gasteiger partial charge >= 0.3 is 0 Å². The summed E-state index contributed by atoms with van der Waals surface area (Å²) in [6.45, 7) is 1.03. The van der Waals surface area contributed by atoms with E-state index in [0.29, 0.717) is 11.8 Å². The van der Waals surface area contributed by atoms with Gasteiger partial charge in [0.2, 0.25) is 0 Å². The predicted molar refractivity (Wildman–Crippen MR) is 42.7 cm³/mol. The largest absolute Gasteiger partial charge is 0.313 e. The molecule has 1 unspecified atom stereocenters. The minimum absolute atomic E-state index is 0.343. The maximum atomic E-state index is 11.0. The highest BCUT2D eigenvalue weighted by atomic mass is 32.2. The molecule has 2 atom stereocenters. The van der Waals surface area contributed by atoms with Gasteiger partial charge in [-0.15, -0.1) is 0 Å². The number of nitrogens with one attached hydrogen (secondary N) is 2. The van der Waals surface area contributed by atoms with E-state index in [9.17, 15) is 4.21 Å². The molecule has 0 aliphatic carbocycles. The Bertz CT molecular complexity index is 192. The summed E-state index contributed by atoms with van der Waals surface area (Å²) in [6, 6.07) is 0.343. The summed E-state index contributed by atoms with van der Waals surface area (Å²) in [5.74, 6) is 0.521. The molecule has 3 nitrogen and oxygen atoms in total. The normalized spacial score (nSPS) is 31.9. The highest BCUT2D eigenvalue weighted by molar-refractivity contribution is 7.91. The third-order valence-corrected chi connectivity index (χ3v) is 2.72. The lowest BCUT2D eigenvalue weighted by Gasteiger charge is -2.08. The van der Waals surface area contributed by atoms with E-state index in [2.05, 4.69) is 5.32 Å². The quantitative estimate of drug-likeness (QED) is 0.618. The van der Waals surface area contributed by atoms with Crippen LogP contribution < -0.4 is 5.32 Å². The van der Waals surface area contributed by atoms with Crippen molar-refractivity contribution in [1.82, 2.24) is 5.32 Å². The zero-order valence-electron chi connectivity index (χ0n) is 6.22. The number of hydrogen-bond donors (Lipinski definition) is 2. The molecule has 0 spiro atoms. The van der Waals surface area contributed by atoms with Crippen LogP contribution in [0.4, 0.5) is 0 Å². The molecule has 1 heterocycles. The van der Waals surface area contributed by atoms with E-state index >= 15 is 0 Å². The lowest BCUT2D eigenvalue weighted by Crippen LogP contribution is -2.28. The molecule has 10 heavy (non-hydrogen) atoms. The van der Waals surface area contributed by atoms with Gasteiger partial charge in [0.25, 0.3) is 0 Å². The standard InChI is InChI=1S/C6H14N2OS/c1-10(7,9)5-6-3-2-4-8-6/h6-8H,2-5H2,1H3/t6-,10?/m0/s1. The topological polar surface area (TPSA) is 53.0 Å². The molecule has 1 saturated heterocycles. The Morgan fingerprint density at radius 2 is 2.50 bits per heavy atom. The van der Waals surface area contributed by atoms with Crippen molar-refractivity contribution in [3.8, 4) is 0 Å². The molecule has 0 radical (unpaired) electrons. The average molecular weight is 162 g/mol. The molecule has 2 N–H and O–H groups in total. The fourth-order valence-corrected chi connectivity index (χ4v) is 2.34.